The van der Waals surface area contributed by atoms with Gasteiger partial charge in [-0.1, -0.05) is 0 Å². The number of anilines is 1. The van der Waals surface area contributed by atoms with Crippen LogP contribution < -0.4 is 10.2 Å². The first kappa shape index (κ1) is 17.1. The van der Waals surface area contributed by atoms with Crippen molar-refractivity contribution in [2.24, 2.45) is 0 Å². The van der Waals surface area contributed by atoms with E-state index in [0.29, 0.717) is 24.5 Å². The lowest BCUT2D eigenvalue weighted by atomic mass is 10.1. The predicted octanol–water partition coefficient (Wildman–Crippen LogP) is 1.50. The molecule has 1 N–H and O–H groups in total. The molecule has 23 heavy (non-hydrogen) atoms. The van der Waals surface area contributed by atoms with Gasteiger partial charge >= 0.3 is 6.09 Å². The van der Waals surface area contributed by atoms with Crippen LogP contribution in [0.5, 0.6) is 0 Å². The van der Waals surface area contributed by atoms with Crippen LogP contribution in [0.3, 0.4) is 0 Å². The van der Waals surface area contributed by atoms with E-state index in [1.54, 1.807) is 30.3 Å². The molecule has 0 aliphatic carbocycles. The summed E-state index contributed by atoms with van der Waals surface area (Å²) in [5, 5.41) is 2.59. The quantitative estimate of drug-likeness (QED) is 0.913. The molecule has 0 unspecified atom stereocenters. The van der Waals surface area contributed by atoms with Crippen molar-refractivity contribution in [1.82, 2.24) is 15.2 Å². The molecule has 2 amide bonds. The fraction of sp³-hybridized carbons (Fsp3) is 0.562. The van der Waals surface area contributed by atoms with E-state index in [-0.39, 0.29) is 18.0 Å². The Labute approximate surface area is 136 Å². The molecule has 1 aromatic heterocycles. The van der Waals surface area contributed by atoms with E-state index in [4.69, 9.17) is 4.74 Å². The van der Waals surface area contributed by atoms with Gasteiger partial charge in [-0.25, -0.2) is 9.78 Å². The maximum absolute atomic E-state index is 11.9. The second kappa shape index (κ2) is 6.44. The maximum atomic E-state index is 11.9. The summed E-state index contributed by atoms with van der Waals surface area (Å²) in [6, 6.07) is 3.58. The molecule has 7 nitrogen and oxygen atoms in total. The van der Waals surface area contributed by atoms with Crippen LogP contribution in [0.2, 0.25) is 0 Å². The molecule has 126 valence electrons. The molecule has 1 fully saturated rings. The highest BCUT2D eigenvalue weighted by Gasteiger charge is 2.36. The van der Waals surface area contributed by atoms with Crippen molar-refractivity contribution in [2.45, 2.75) is 32.4 Å². The van der Waals surface area contributed by atoms with E-state index in [1.165, 1.54) is 0 Å². The van der Waals surface area contributed by atoms with Crippen molar-refractivity contribution in [1.29, 1.82) is 0 Å². The molecular weight excluding hydrogens is 296 g/mol. The molecule has 0 radical (unpaired) electrons. The average molecular weight is 320 g/mol. The minimum absolute atomic E-state index is 0.147. The van der Waals surface area contributed by atoms with Crippen molar-refractivity contribution < 1.29 is 14.3 Å². The summed E-state index contributed by atoms with van der Waals surface area (Å²) in [6.45, 7) is 6.71. The number of nitrogens with one attached hydrogen (secondary N) is 1. The number of hydrogen-bond donors (Lipinski definition) is 1. The molecular formula is C16H24N4O3. The van der Waals surface area contributed by atoms with Crippen LogP contribution in [0, 0.1) is 0 Å². The third-order valence-electron chi connectivity index (χ3n) is 3.66. The van der Waals surface area contributed by atoms with Gasteiger partial charge in [-0.05, 0) is 32.9 Å². The molecule has 1 aliphatic heterocycles. The molecule has 1 aromatic rings. The monoisotopic (exact) mass is 320 g/mol. The van der Waals surface area contributed by atoms with Crippen molar-refractivity contribution in [2.75, 3.05) is 32.1 Å². The summed E-state index contributed by atoms with van der Waals surface area (Å²) in [5.41, 5.74) is 0.0740. The fourth-order valence-corrected chi connectivity index (χ4v) is 2.26. The predicted molar refractivity (Wildman–Crippen MR) is 87.6 cm³/mol. The number of nitrogens with zero attached hydrogens (tertiary/aromatic N) is 3. The Morgan fingerprint density at radius 2 is 2.04 bits per heavy atom. The SMILES string of the molecule is CNC(=O)c1ccnc(N(C)C2CN(C(=O)OC(C)(C)C)C2)c1. The Morgan fingerprint density at radius 1 is 1.39 bits per heavy atom. The number of likely N-dealkylation sites (tertiary alicyclic amines) is 1. The van der Waals surface area contributed by atoms with E-state index in [0.717, 1.165) is 0 Å². The van der Waals surface area contributed by atoms with Crippen LogP contribution >= 0.6 is 0 Å². The summed E-state index contributed by atoms with van der Waals surface area (Å²) in [7, 11) is 3.50. The van der Waals surface area contributed by atoms with Crippen LogP contribution in [-0.2, 0) is 4.74 Å². The zero-order chi connectivity index (χ0) is 17.2. The van der Waals surface area contributed by atoms with Crippen molar-refractivity contribution in [3.05, 3.63) is 23.9 Å². The van der Waals surface area contributed by atoms with E-state index < -0.39 is 5.60 Å². The summed E-state index contributed by atoms with van der Waals surface area (Å²) >= 11 is 0. The van der Waals surface area contributed by atoms with Gasteiger partial charge in [0.1, 0.15) is 11.4 Å². The summed E-state index contributed by atoms with van der Waals surface area (Å²) < 4.78 is 5.34. The van der Waals surface area contributed by atoms with Gasteiger partial charge in [-0.15, -0.1) is 0 Å². The summed E-state index contributed by atoms with van der Waals surface area (Å²) in [5.74, 6) is 0.561. The molecule has 1 saturated heterocycles. The normalized spacial score (nSPS) is 14.9. The number of pyridine rings is 1. The lowest BCUT2D eigenvalue weighted by Crippen LogP contribution is -2.61. The number of aromatic nitrogens is 1. The number of rotatable bonds is 3. The van der Waals surface area contributed by atoms with Gasteiger partial charge in [0.25, 0.3) is 5.91 Å². The molecule has 7 heteroatoms. The van der Waals surface area contributed by atoms with E-state index in [2.05, 4.69) is 10.3 Å². The second-order valence-electron chi connectivity index (χ2n) is 6.63. The topological polar surface area (TPSA) is 74.8 Å². The Bertz CT molecular complexity index is 591. The third kappa shape index (κ3) is 4.12. The first-order valence-electron chi connectivity index (χ1n) is 7.60. The first-order chi connectivity index (χ1) is 10.7. The highest BCUT2D eigenvalue weighted by Crippen LogP contribution is 2.22. The Hall–Kier alpha value is -2.31. The summed E-state index contributed by atoms with van der Waals surface area (Å²) in [6.07, 6.45) is 1.31. The lowest BCUT2D eigenvalue weighted by molar-refractivity contribution is 0.00846. The van der Waals surface area contributed by atoms with Crippen LogP contribution in [0.25, 0.3) is 0 Å². The minimum atomic E-state index is -0.489. The number of ether oxygens (including phenoxy) is 1. The Balaban J connectivity index is 1.95. The standard InChI is InChI=1S/C16H24N4O3/c1-16(2,3)23-15(22)20-9-12(10-20)19(5)13-8-11(6-7-18-13)14(21)17-4/h6-8,12H,9-10H2,1-5H3,(H,17,21). The van der Waals surface area contributed by atoms with Crippen molar-refractivity contribution in [3.8, 4) is 0 Å². The third-order valence-corrected chi connectivity index (χ3v) is 3.66. The van der Waals surface area contributed by atoms with Crippen LogP contribution in [0.4, 0.5) is 10.6 Å². The minimum Gasteiger partial charge on any atom is -0.444 e. The highest BCUT2D eigenvalue weighted by atomic mass is 16.6. The molecule has 0 bridgehead atoms. The molecule has 0 spiro atoms. The summed E-state index contributed by atoms with van der Waals surface area (Å²) in [4.78, 5) is 31.6. The molecule has 0 saturated carbocycles. The van der Waals surface area contributed by atoms with Gasteiger partial charge in [-0.2, -0.15) is 0 Å². The maximum Gasteiger partial charge on any atom is 0.410 e. The van der Waals surface area contributed by atoms with Gasteiger partial charge in [0.15, 0.2) is 0 Å². The van der Waals surface area contributed by atoms with E-state index in [9.17, 15) is 9.59 Å². The van der Waals surface area contributed by atoms with E-state index >= 15 is 0 Å². The highest BCUT2D eigenvalue weighted by molar-refractivity contribution is 5.94. The fourth-order valence-electron chi connectivity index (χ4n) is 2.26. The van der Waals surface area contributed by atoms with Gasteiger partial charge in [-0.3, -0.25) is 4.79 Å². The number of carbonyl (C=O) groups is 2. The lowest BCUT2D eigenvalue weighted by Gasteiger charge is -2.44. The van der Waals surface area contributed by atoms with Crippen LogP contribution in [-0.4, -0.2) is 60.7 Å². The van der Waals surface area contributed by atoms with Crippen molar-refractivity contribution in [3.63, 3.8) is 0 Å². The van der Waals surface area contributed by atoms with Crippen molar-refractivity contribution >= 4 is 17.8 Å². The average Bonchev–Trinajstić information content (AvgIpc) is 2.43. The number of likely N-dealkylation sites (N-methyl/N-ethyl adjacent to an activating group) is 1. The number of amides is 2. The van der Waals surface area contributed by atoms with E-state index in [1.807, 2.05) is 32.7 Å². The van der Waals surface area contributed by atoms with Gasteiger partial charge in [0, 0.05) is 38.9 Å². The van der Waals surface area contributed by atoms with Crippen LogP contribution in [0.15, 0.2) is 18.3 Å². The number of hydrogen-bond acceptors (Lipinski definition) is 5. The molecule has 2 heterocycles. The molecule has 0 aromatic carbocycles. The first-order valence-corrected chi connectivity index (χ1v) is 7.60. The zero-order valence-corrected chi connectivity index (χ0v) is 14.3. The van der Waals surface area contributed by atoms with Crippen LogP contribution in [0.1, 0.15) is 31.1 Å². The zero-order valence-electron chi connectivity index (χ0n) is 14.3. The molecule has 2 rings (SSSR count). The smallest absolute Gasteiger partial charge is 0.410 e. The Kier molecular flexibility index (Phi) is 4.77. The van der Waals surface area contributed by atoms with Gasteiger partial charge in [0.05, 0.1) is 6.04 Å². The molecule has 1 aliphatic rings. The van der Waals surface area contributed by atoms with Gasteiger partial charge in [0.2, 0.25) is 0 Å². The second-order valence-corrected chi connectivity index (χ2v) is 6.63. The number of carbonyl (C=O) groups excluding carboxylic acids is 2. The Morgan fingerprint density at radius 3 is 2.61 bits per heavy atom. The molecule has 0 atom stereocenters. The largest absolute Gasteiger partial charge is 0.444 e. The van der Waals surface area contributed by atoms with Gasteiger partial charge < -0.3 is 19.9 Å².